The van der Waals surface area contributed by atoms with E-state index in [1.54, 1.807) is 0 Å². The van der Waals surface area contributed by atoms with E-state index >= 15 is 0 Å². The van der Waals surface area contributed by atoms with E-state index in [0.29, 0.717) is 18.3 Å². The van der Waals surface area contributed by atoms with E-state index in [1.165, 1.54) is 44.9 Å². The lowest BCUT2D eigenvalue weighted by Crippen LogP contribution is -2.24. The highest BCUT2D eigenvalue weighted by Crippen LogP contribution is 2.24. The monoisotopic (exact) mass is 254 g/mol. The van der Waals surface area contributed by atoms with Gasteiger partial charge in [0.15, 0.2) is 5.78 Å². The Balaban J connectivity index is 2.05. The lowest BCUT2D eigenvalue weighted by Gasteiger charge is -2.21. The summed E-state index contributed by atoms with van der Waals surface area (Å²) in [6.45, 7) is 4.67. The SMILES string of the molecule is CCCCCCC(C)OCC(=O)C1CCCCC1. The van der Waals surface area contributed by atoms with E-state index in [-0.39, 0.29) is 6.10 Å². The zero-order valence-electron chi connectivity index (χ0n) is 12.2. The molecule has 0 N–H and O–H groups in total. The Kier molecular flexibility index (Phi) is 8.32. The molecule has 1 fully saturated rings. The van der Waals surface area contributed by atoms with Gasteiger partial charge < -0.3 is 4.74 Å². The molecule has 1 saturated carbocycles. The largest absolute Gasteiger partial charge is 0.371 e. The van der Waals surface area contributed by atoms with Gasteiger partial charge in [0.2, 0.25) is 0 Å². The molecule has 0 aliphatic heterocycles. The molecule has 0 saturated heterocycles. The molecule has 2 heteroatoms. The van der Waals surface area contributed by atoms with Gasteiger partial charge in [-0.15, -0.1) is 0 Å². The van der Waals surface area contributed by atoms with Crippen molar-refractivity contribution < 1.29 is 9.53 Å². The lowest BCUT2D eigenvalue weighted by molar-refractivity contribution is -0.130. The van der Waals surface area contributed by atoms with E-state index < -0.39 is 0 Å². The zero-order chi connectivity index (χ0) is 13.2. The Morgan fingerprint density at radius 2 is 1.89 bits per heavy atom. The Labute approximate surface area is 112 Å². The minimum absolute atomic E-state index is 0.245. The van der Waals surface area contributed by atoms with Gasteiger partial charge in [-0.3, -0.25) is 4.79 Å². The molecule has 0 aromatic carbocycles. The van der Waals surface area contributed by atoms with Crippen LogP contribution >= 0.6 is 0 Å². The molecule has 1 atom stereocenters. The Bertz CT molecular complexity index is 219. The third-order valence-electron chi connectivity index (χ3n) is 4.03. The van der Waals surface area contributed by atoms with Gasteiger partial charge in [-0.05, 0) is 26.2 Å². The molecular weight excluding hydrogens is 224 g/mol. The average molecular weight is 254 g/mol. The molecule has 0 aromatic rings. The van der Waals surface area contributed by atoms with Crippen LogP contribution in [0, 0.1) is 5.92 Å². The first-order chi connectivity index (χ1) is 8.74. The molecule has 0 bridgehead atoms. The second kappa shape index (κ2) is 9.55. The first-order valence-corrected chi connectivity index (χ1v) is 7.88. The summed E-state index contributed by atoms with van der Waals surface area (Å²) in [5.74, 6) is 0.640. The molecule has 1 unspecified atom stereocenters. The van der Waals surface area contributed by atoms with Crippen molar-refractivity contribution >= 4 is 5.78 Å². The smallest absolute Gasteiger partial charge is 0.161 e. The fourth-order valence-electron chi connectivity index (χ4n) is 2.71. The number of carbonyl (C=O) groups is 1. The van der Waals surface area contributed by atoms with Gasteiger partial charge in [0, 0.05) is 5.92 Å². The second-order valence-corrected chi connectivity index (χ2v) is 5.77. The molecule has 2 nitrogen and oxygen atoms in total. The van der Waals surface area contributed by atoms with Crippen molar-refractivity contribution in [1.29, 1.82) is 0 Å². The van der Waals surface area contributed by atoms with Crippen LogP contribution in [0.2, 0.25) is 0 Å². The highest BCUT2D eigenvalue weighted by atomic mass is 16.5. The van der Waals surface area contributed by atoms with Crippen molar-refractivity contribution in [3.63, 3.8) is 0 Å². The fourth-order valence-corrected chi connectivity index (χ4v) is 2.71. The summed E-state index contributed by atoms with van der Waals surface area (Å²) in [4.78, 5) is 12.0. The molecule has 0 amide bonds. The summed E-state index contributed by atoms with van der Waals surface area (Å²) in [5.41, 5.74) is 0. The molecule has 0 heterocycles. The van der Waals surface area contributed by atoms with Crippen LogP contribution < -0.4 is 0 Å². The number of unbranched alkanes of at least 4 members (excludes halogenated alkanes) is 3. The molecule has 106 valence electrons. The van der Waals surface area contributed by atoms with Gasteiger partial charge in [-0.1, -0.05) is 51.9 Å². The van der Waals surface area contributed by atoms with Gasteiger partial charge in [-0.2, -0.15) is 0 Å². The van der Waals surface area contributed by atoms with Gasteiger partial charge in [0.05, 0.1) is 6.10 Å². The highest BCUT2D eigenvalue weighted by Gasteiger charge is 2.21. The topological polar surface area (TPSA) is 26.3 Å². The van der Waals surface area contributed by atoms with Crippen molar-refractivity contribution in [2.24, 2.45) is 5.92 Å². The molecule has 0 spiro atoms. The molecule has 18 heavy (non-hydrogen) atoms. The summed E-state index contributed by atoms with van der Waals surface area (Å²) in [5, 5.41) is 0. The van der Waals surface area contributed by atoms with Gasteiger partial charge in [-0.25, -0.2) is 0 Å². The molecule has 1 rings (SSSR count). The van der Waals surface area contributed by atoms with E-state index in [4.69, 9.17) is 4.74 Å². The van der Waals surface area contributed by atoms with Crippen LogP contribution in [-0.2, 0) is 9.53 Å². The normalized spacial score (nSPS) is 18.8. The molecule has 1 aliphatic carbocycles. The van der Waals surface area contributed by atoms with Crippen LogP contribution in [0.3, 0.4) is 0 Å². The number of ether oxygens (including phenoxy) is 1. The van der Waals surface area contributed by atoms with E-state index in [2.05, 4.69) is 13.8 Å². The van der Waals surface area contributed by atoms with E-state index in [1.807, 2.05) is 0 Å². The Morgan fingerprint density at radius 1 is 1.17 bits per heavy atom. The second-order valence-electron chi connectivity index (χ2n) is 5.77. The van der Waals surface area contributed by atoms with Gasteiger partial charge >= 0.3 is 0 Å². The van der Waals surface area contributed by atoms with Crippen LogP contribution in [0.25, 0.3) is 0 Å². The van der Waals surface area contributed by atoms with Gasteiger partial charge in [0.25, 0.3) is 0 Å². The summed E-state index contributed by atoms with van der Waals surface area (Å²) in [7, 11) is 0. The minimum Gasteiger partial charge on any atom is -0.371 e. The quantitative estimate of drug-likeness (QED) is 0.566. The van der Waals surface area contributed by atoms with Crippen LogP contribution in [0.15, 0.2) is 0 Å². The molecule has 0 radical (unpaired) electrons. The summed E-state index contributed by atoms with van der Waals surface area (Å²) in [6, 6.07) is 0. The van der Waals surface area contributed by atoms with E-state index in [0.717, 1.165) is 19.3 Å². The maximum absolute atomic E-state index is 12.0. The van der Waals surface area contributed by atoms with Crippen LogP contribution in [0.4, 0.5) is 0 Å². The minimum atomic E-state index is 0.245. The van der Waals surface area contributed by atoms with Crippen LogP contribution in [0.5, 0.6) is 0 Å². The highest BCUT2D eigenvalue weighted by molar-refractivity contribution is 5.82. The summed E-state index contributed by atoms with van der Waals surface area (Å²) < 4.78 is 5.69. The van der Waals surface area contributed by atoms with Crippen molar-refractivity contribution in [1.82, 2.24) is 0 Å². The first kappa shape index (κ1) is 15.7. The van der Waals surface area contributed by atoms with Crippen LogP contribution in [-0.4, -0.2) is 18.5 Å². The predicted molar refractivity (Wildman–Crippen MR) is 75.8 cm³/mol. The first-order valence-electron chi connectivity index (χ1n) is 7.88. The van der Waals surface area contributed by atoms with Crippen molar-refractivity contribution in [2.45, 2.75) is 84.2 Å². The van der Waals surface area contributed by atoms with Crippen molar-refractivity contribution in [3.05, 3.63) is 0 Å². The zero-order valence-corrected chi connectivity index (χ0v) is 12.2. The third-order valence-corrected chi connectivity index (χ3v) is 4.03. The number of hydrogen-bond acceptors (Lipinski definition) is 2. The fraction of sp³-hybridized carbons (Fsp3) is 0.938. The lowest BCUT2D eigenvalue weighted by atomic mass is 9.86. The number of carbonyl (C=O) groups excluding carboxylic acids is 1. The van der Waals surface area contributed by atoms with Gasteiger partial charge in [0.1, 0.15) is 6.61 Å². The third kappa shape index (κ3) is 6.53. The molecule has 1 aliphatic rings. The Hall–Kier alpha value is -0.370. The number of ketones is 1. The number of rotatable bonds is 9. The molecular formula is C16H30O2. The number of Topliss-reactive ketones (excluding diaryl/α,β-unsaturated/α-hetero) is 1. The maximum atomic E-state index is 12.0. The standard InChI is InChI=1S/C16H30O2/c1-3-4-5-7-10-14(2)18-13-16(17)15-11-8-6-9-12-15/h14-15H,3-13H2,1-2H3. The predicted octanol–water partition coefficient (Wildman–Crippen LogP) is 4.51. The maximum Gasteiger partial charge on any atom is 0.161 e. The van der Waals surface area contributed by atoms with Crippen molar-refractivity contribution in [3.8, 4) is 0 Å². The number of hydrogen-bond donors (Lipinski definition) is 0. The summed E-state index contributed by atoms with van der Waals surface area (Å²) in [6.07, 6.45) is 12.4. The summed E-state index contributed by atoms with van der Waals surface area (Å²) >= 11 is 0. The average Bonchev–Trinajstić information content (AvgIpc) is 2.42. The van der Waals surface area contributed by atoms with Crippen LogP contribution in [0.1, 0.15) is 78.1 Å². The molecule has 0 aromatic heterocycles. The Morgan fingerprint density at radius 3 is 2.56 bits per heavy atom. The van der Waals surface area contributed by atoms with Crippen molar-refractivity contribution in [2.75, 3.05) is 6.61 Å². The van der Waals surface area contributed by atoms with E-state index in [9.17, 15) is 4.79 Å².